The summed E-state index contributed by atoms with van der Waals surface area (Å²) in [4.78, 5) is 2.23. The minimum Gasteiger partial charge on any atom is -0.395 e. The van der Waals surface area contributed by atoms with Crippen LogP contribution in [0.4, 0.5) is 5.69 Å². The first-order chi connectivity index (χ1) is 8.52. The van der Waals surface area contributed by atoms with Crippen LogP contribution in [0.1, 0.15) is 25.8 Å². The van der Waals surface area contributed by atoms with Gasteiger partial charge in [-0.05, 0) is 25.5 Å². The predicted octanol–water partition coefficient (Wildman–Crippen LogP) is 2.18. The molecular weight excluding hydrogens is 224 g/mol. The molecule has 1 rings (SSSR count). The van der Waals surface area contributed by atoms with E-state index in [0.717, 1.165) is 13.0 Å². The number of rotatable bonds is 7. The van der Waals surface area contributed by atoms with Gasteiger partial charge < -0.3 is 15.3 Å². The molecular formula is C15H26N2O. The highest BCUT2D eigenvalue weighted by atomic mass is 16.3. The van der Waals surface area contributed by atoms with Gasteiger partial charge in [0.15, 0.2) is 0 Å². The van der Waals surface area contributed by atoms with Crippen molar-refractivity contribution in [1.82, 2.24) is 5.32 Å². The molecule has 0 saturated heterocycles. The zero-order chi connectivity index (χ0) is 13.5. The maximum Gasteiger partial charge on any atom is 0.0585 e. The second kappa shape index (κ2) is 7.39. The Balaban J connectivity index is 2.44. The largest absolute Gasteiger partial charge is 0.395 e. The minimum atomic E-state index is 0.179. The van der Waals surface area contributed by atoms with Gasteiger partial charge in [-0.15, -0.1) is 0 Å². The van der Waals surface area contributed by atoms with Gasteiger partial charge in [0.25, 0.3) is 0 Å². The van der Waals surface area contributed by atoms with Crippen molar-refractivity contribution in [3.8, 4) is 0 Å². The first-order valence-electron chi connectivity index (χ1n) is 6.67. The highest BCUT2D eigenvalue weighted by Crippen LogP contribution is 2.13. The van der Waals surface area contributed by atoms with Crippen LogP contribution in [0.2, 0.25) is 0 Å². The van der Waals surface area contributed by atoms with E-state index in [4.69, 9.17) is 0 Å². The Bertz CT molecular complexity index is 335. The third-order valence-corrected chi connectivity index (χ3v) is 3.08. The first kappa shape index (κ1) is 15.0. The van der Waals surface area contributed by atoms with E-state index in [-0.39, 0.29) is 12.6 Å². The van der Waals surface area contributed by atoms with E-state index in [1.807, 2.05) is 0 Å². The monoisotopic (exact) mass is 250 g/mol. The Labute approximate surface area is 111 Å². The van der Waals surface area contributed by atoms with Gasteiger partial charge >= 0.3 is 0 Å². The van der Waals surface area contributed by atoms with Crippen molar-refractivity contribution < 1.29 is 5.11 Å². The summed E-state index contributed by atoms with van der Waals surface area (Å²) < 4.78 is 0. The zero-order valence-electron chi connectivity index (χ0n) is 12.0. The number of hydrogen-bond acceptors (Lipinski definition) is 3. The Kier molecular flexibility index (Phi) is 6.16. The van der Waals surface area contributed by atoms with Crippen LogP contribution in [0.3, 0.4) is 0 Å². The number of aryl methyl sites for hydroxylation is 1. The number of nitrogens with one attached hydrogen (secondary N) is 1. The summed E-state index contributed by atoms with van der Waals surface area (Å²) in [6, 6.07) is 9.12. The molecule has 0 radical (unpaired) electrons. The van der Waals surface area contributed by atoms with E-state index in [1.165, 1.54) is 11.3 Å². The lowest BCUT2D eigenvalue weighted by Gasteiger charge is -2.24. The predicted molar refractivity (Wildman–Crippen MR) is 78.2 cm³/mol. The van der Waals surface area contributed by atoms with Gasteiger partial charge in [0, 0.05) is 31.4 Å². The van der Waals surface area contributed by atoms with Crippen molar-refractivity contribution in [3.05, 3.63) is 29.8 Å². The standard InChI is InChI=1S/C15H26N2O/c1-12(2)16-14(11-18)9-10-17(4)15-7-5-13(3)6-8-15/h5-8,12,14,16,18H,9-11H2,1-4H3. The molecule has 0 heterocycles. The van der Waals surface area contributed by atoms with Gasteiger partial charge in [-0.3, -0.25) is 0 Å². The lowest BCUT2D eigenvalue weighted by Crippen LogP contribution is -2.39. The van der Waals surface area contributed by atoms with E-state index in [2.05, 4.69) is 62.3 Å². The number of aliphatic hydroxyl groups excluding tert-OH is 1. The third kappa shape index (κ3) is 5.07. The lowest BCUT2D eigenvalue weighted by molar-refractivity contribution is 0.229. The molecule has 1 aromatic rings. The van der Waals surface area contributed by atoms with Crippen LogP contribution in [0.5, 0.6) is 0 Å². The molecule has 0 aliphatic carbocycles. The molecule has 18 heavy (non-hydrogen) atoms. The van der Waals surface area contributed by atoms with Crippen LogP contribution >= 0.6 is 0 Å². The summed E-state index contributed by atoms with van der Waals surface area (Å²) in [5, 5.41) is 12.7. The average molecular weight is 250 g/mol. The van der Waals surface area contributed by atoms with Crippen LogP contribution < -0.4 is 10.2 Å². The van der Waals surface area contributed by atoms with Crippen molar-refractivity contribution in [2.24, 2.45) is 0 Å². The lowest BCUT2D eigenvalue weighted by atomic mass is 10.1. The summed E-state index contributed by atoms with van der Waals surface area (Å²) >= 11 is 0. The molecule has 0 aromatic heterocycles. The quantitative estimate of drug-likeness (QED) is 0.778. The van der Waals surface area contributed by atoms with Crippen molar-refractivity contribution in [2.45, 2.75) is 39.3 Å². The van der Waals surface area contributed by atoms with E-state index in [0.29, 0.717) is 6.04 Å². The van der Waals surface area contributed by atoms with Gasteiger partial charge in [-0.1, -0.05) is 31.5 Å². The van der Waals surface area contributed by atoms with Crippen molar-refractivity contribution in [1.29, 1.82) is 0 Å². The number of anilines is 1. The molecule has 1 unspecified atom stereocenters. The van der Waals surface area contributed by atoms with Crippen LogP contribution in [0.15, 0.2) is 24.3 Å². The average Bonchev–Trinajstić information content (AvgIpc) is 2.34. The third-order valence-electron chi connectivity index (χ3n) is 3.08. The SMILES string of the molecule is Cc1ccc(N(C)CCC(CO)NC(C)C)cc1. The Morgan fingerprint density at radius 3 is 2.33 bits per heavy atom. The van der Waals surface area contributed by atoms with Crippen molar-refractivity contribution in [2.75, 3.05) is 25.1 Å². The summed E-state index contributed by atoms with van der Waals surface area (Å²) in [7, 11) is 2.09. The zero-order valence-corrected chi connectivity index (χ0v) is 12.0. The molecule has 3 nitrogen and oxygen atoms in total. The maximum absolute atomic E-state index is 9.31. The van der Waals surface area contributed by atoms with E-state index < -0.39 is 0 Å². The molecule has 1 atom stereocenters. The molecule has 0 aliphatic heterocycles. The van der Waals surface area contributed by atoms with Gasteiger partial charge in [-0.25, -0.2) is 0 Å². The van der Waals surface area contributed by atoms with Gasteiger partial charge in [0.05, 0.1) is 6.61 Å². The number of nitrogens with zero attached hydrogens (tertiary/aromatic N) is 1. The van der Waals surface area contributed by atoms with Gasteiger partial charge in [0.1, 0.15) is 0 Å². The summed E-state index contributed by atoms with van der Waals surface area (Å²) in [5.74, 6) is 0. The summed E-state index contributed by atoms with van der Waals surface area (Å²) in [6.45, 7) is 7.44. The van der Waals surface area contributed by atoms with Crippen LogP contribution in [-0.2, 0) is 0 Å². The van der Waals surface area contributed by atoms with Crippen molar-refractivity contribution in [3.63, 3.8) is 0 Å². The second-order valence-electron chi connectivity index (χ2n) is 5.25. The first-order valence-corrected chi connectivity index (χ1v) is 6.67. The molecule has 0 aliphatic rings. The Hall–Kier alpha value is -1.06. The topological polar surface area (TPSA) is 35.5 Å². The van der Waals surface area contributed by atoms with Gasteiger partial charge in [0.2, 0.25) is 0 Å². The highest BCUT2D eigenvalue weighted by molar-refractivity contribution is 5.46. The molecule has 0 bridgehead atoms. The van der Waals surface area contributed by atoms with E-state index >= 15 is 0 Å². The van der Waals surface area contributed by atoms with Crippen LogP contribution in [0, 0.1) is 6.92 Å². The smallest absolute Gasteiger partial charge is 0.0585 e. The van der Waals surface area contributed by atoms with Gasteiger partial charge in [-0.2, -0.15) is 0 Å². The fourth-order valence-electron chi connectivity index (χ4n) is 1.98. The number of hydrogen-bond donors (Lipinski definition) is 2. The fourth-order valence-corrected chi connectivity index (χ4v) is 1.98. The molecule has 0 amide bonds. The molecule has 0 fully saturated rings. The maximum atomic E-state index is 9.31. The van der Waals surface area contributed by atoms with Crippen molar-refractivity contribution >= 4 is 5.69 Å². The fraction of sp³-hybridized carbons (Fsp3) is 0.600. The van der Waals surface area contributed by atoms with E-state index in [9.17, 15) is 5.11 Å². The number of aliphatic hydroxyl groups is 1. The molecule has 0 spiro atoms. The summed E-state index contributed by atoms with van der Waals surface area (Å²) in [6.07, 6.45) is 0.944. The van der Waals surface area contributed by atoms with E-state index in [1.54, 1.807) is 0 Å². The minimum absolute atomic E-state index is 0.179. The number of benzene rings is 1. The molecule has 2 N–H and O–H groups in total. The Morgan fingerprint density at radius 2 is 1.83 bits per heavy atom. The molecule has 3 heteroatoms. The Morgan fingerprint density at radius 1 is 1.22 bits per heavy atom. The highest BCUT2D eigenvalue weighted by Gasteiger charge is 2.10. The normalized spacial score (nSPS) is 12.8. The van der Waals surface area contributed by atoms with Crippen LogP contribution in [-0.4, -0.2) is 37.4 Å². The molecule has 1 aromatic carbocycles. The molecule has 102 valence electrons. The summed E-state index contributed by atoms with van der Waals surface area (Å²) in [5.41, 5.74) is 2.50. The van der Waals surface area contributed by atoms with Crippen LogP contribution in [0.25, 0.3) is 0 Å². The molecule has 0 saturated carbocycles. The second-order valence-corrected chi connectivity index (χ2v) is 5.25.